The molecule has 0 spiro atoms. The number of ketones is 1. The summed E-state index contributed by atoms with van der Waals surface area (Å²) in [5.74, 6) is 0.155. The molecule has 2 aromatic rings. The van der Waals surface area contributed by atoms with E-state index in [1.807, 2.05) is 19.1 Å². The lowest BCUT2D eigenvalue weighted by Gasteiger charge is -2.31. The maximum atomic E-state index is 12.6. The molecule has 1 fully saturated rings. The highest BCUT2D eigenvalue weighted by molar-refractivity contribution is 7.99. The fourth-order valence-corrected chi connectivity index (χ4v) is 3.63. The third-order valence-electron chi connectivity index (χ3n) is 4.16. The topological polar surface area (TPSA) is 76.1 Å². The second kappa shape index (κ2) is 8.20. The van der Waals surface area contributed by atoms with Gasteiger partial charge in [-0.2, -0.15) is 0 Å². The summed E-state index contributed by atoms with van der Waals surface area (Å²) in [5.41, 5.74) is 1.35. The molecule has 3 rings (SSSR count). The molecule has 0 saturated carbocycles. The number of likely N-dealkylation sites (tertiary alicyclic amines) is 1. The van der Waals surface area contributed by atoms with Crippen LogP contribution in [0.25, 0.3) is 0 Å². The van der Waals surface area contributed by atoms with Crippen molar-refractivity contribution in [1.29, 1.82) is 0 Å². The molecule has 25 heavy (non-hydrogen) atoms. The number of piperidine rings is 1. The number of rotatable bonds is 5. The highest BCUT2D eigenvalue weighted by Gasteiger charge is 2.29. The Morgan fingerprint density at radius 2 is 2.12 bits per heavy atom. The number of hydrogen-bond acceptors (Lipinski definition) is 6. The van der Waals surface area contributed by atoms with E-state index in [2.05, 4.69) is 15.0 Å². The number of hydrogen-bond donors (Lipinski definition) is 0. The molecule has 0 unspecified atom stereocenters. The molecule has 7 heteroatoms. The van der Waals surface area contributed by atoms with Crippen molar-refractivity contribution in [1.82, 2.24) is 19.9 Å². The zero-order valence-electron chi connectivity index (χ0n) is 14.1. The second-order valence-corrected chi connectivity index (χ2v) is 6.97. The molecule has 130 valence electrons. The normalized spacial score (nSPS) is 17.3. The number of pyridine rings is 1. The van der Waals surface area contributed by atoms with Crippen molar-refractivity contribution in [2.24, 2.45) is 5.92 Å². The molecule has 1 saturated heterocycles. The molecular weight excluding hydrogens is 336 g/mol. The van der Waals surface area contributed by atoms with Gasteiger partial charge in [-0.15, -0.1) is 0 Å². The number of amides is 1. The fourth-order valence-electron chi connectivity index (χ4n) is 2.85. The molecule has 1 atom stereocenters. The van der Waals surface area contributed by atoms with E-state index >= 15 is 0 Å². The van der Waals surface area contributed by atoms with Crippen molar-refractivity contribution in [3.8, 4) is 0 Å². The van der Waals surface area contributed by atoms with E-state index in [4.69, 9.17) is 0 Å². The van der Waals surface area contributed by atoms with Crippen LogP contribution in [-0.2, 0) is 4.79 Å². The molecule has 1 aliphatic heterocycles. The van der Waals surface area contributed by atoms with Gasteiger partial charge in [0, 0.05) is 37.1 Å². The van der Waals surface area contributed by atoms with Crippen LogP contribution in [0, 0.1) is 12.8 Å². The predicted octanol–water partition coefficient (Wildman–Crippen LogP) is 2.39. The number of Topliss-reactive ketones (excluding diaryl/α,β-unsaturated/α-hetero) is 1. The molecule has 1 amide bonds. The molecule has 2 aromatic heterocycles. The van der Waals surface area contributed by atoms with Crippen molar-refractivity contribution in [3.05, 3.63) is 48.0 Å². The van der Waals surface area contributed by atoms with E-state index in [0.29, 0.717) is 23.9 Å². The summed E-state index contributed by atoms with van der Waals surface area (Å²) in [6.45, 7) is 3.05. The SMILES string of the molecule is Cc1ccnc(SCC(=O)N2CCC[C@@H](C(=O)c3ccccn3)C2)n1. The van der Waals surface area contributed by atoms with E-state index < -0.39 is 0 Å². The Morgan fingerprint density at radius 3 is 2.88 bits per heavy atom. The summed E-state index contributed by atoms with van der Waals surface area (Å²) < 4.78 is 0. The van der Waals surface area contributed by atoms with Crippen LogP contribution in [0.1, 0.15) is 29.0 Å². The smallest absolute Gasteiger partial charge is 0.233 e. The summed E-state index contributed by atoms with van der Waals surface area (Å²) in [6.07, 6.45) is 4.95. The van der Waals surface area contributed by atoms with E-state index in [9.17, 15) is 9.59 Å². The van der Waals surface area contributed by atoms with Gasteiger partial charge in [-0.3, -0.25) is 14.6 Å². The summed E-state index contributed by atoms with van der Waals surface area (Å²) in [5, 5.41) is 0.603. The third kappa shape index (κ3) is 4.63. The molecule has 0 aliphatic carbocycles. The van der Waals surface area contributed by atoms with Crippen LogP contribution in [0.15, 0.2) is 41.8 Å². The minimum atomic E-state index is -0.173. The molecule has 1 aliphatic rings. The fraction of sp³-hybridized carbons (Fsp3) is 0.389. The lowest BCUT2D eigenvalue weighted by molar-refractivity contribution is -0.129. The largest absolute Gasteiger partial charge is 0.341 e. The maximum absolute atomic E-state index is 12.6. The maximum Gasteiger partial charge on any atom is 0.233 e. The molecule has 0 aromatic carbocycles. The second-order valence-electron chi connectivity index (χ2n) is 6.03. The van der Waals surface area contributed by atoms with E-state index in [1.165, 1.54) is 11.8 Å². The number of carbonyl (C=O) groups excluding carboxylic acids is 2. The van der Waals surface area contributed by atoms with Gasteiger partial charge in [-0.05, 0) is 38.0 Å². The number of nitrogens with zero attached hydrogens (tertiary/aromatic N) is 4. The predicted molar refractivity (Wildman–Crippen MR) is 95.4 cm³/mol. The Labute approximate surface area is 151 Å². The molecule has 3 heterocycles. The first-order chi connectivity index (χ1) is 12.1. The number of carbonyl (C=O) groups is 2. The van der Waals surface area contributed by atoms with Crippen molar-refractivity contribution in [2.45, 2.75) is 24.9 Å². The first kappa shape index (κ1) is 17.5. The highest BCUT2D eigenvalue weighted by atomic mass is 32.2. The van der Waals surface area contributed by atoms with E-state index in [1.54, 1.807) is 29.4 Å². The molecule has 0 bridgehead atoms. The summed E-state index contributed by atoms with van der Waals surface area (Å²) in [4.78, 5) is 39.4. The average Bonchev–Trinajstić information content (AvgIpc) is 2.66. The summed E-state index contributed by atoms with van der Waals surface area (Å²) in [6, 6.07) is 7.15. The van der Waals surface area contributed by atoms with Gasteiger partial charge in [-0.25, -0.2) is 9.97 Å². The first-order valence-electron chi connectivity index (χ1n) is 8.29. The van der Waals surface area contributed by atoms with Gasteiger partial charge in [0.15, 0.2) is 10.9 Å². The van der Waals surface area contributed by atoms with Gasteiger partial charge in [0.1, 0.15) is 5.69 Å². The quantitative estimate of drug-likeness (QED) is 0.465. The minimum Gasteiger partial charge on any atom is -0.341 e. The monoisotopic (exact) mass is 356 g/mol. The van der Waals surface area contributed by atoms with Gasteiger partial charge >= 0.3 is 0 Å². The molecule has 6 nitrogen and oxygen atoms in total. The van der Waals surface area contributed by atoms with Crippen molar-refractivity contribution < 1.29 is 9.59 Å². The highest BCUT2D eigenvalue weighted by Crippen LogP contribution is 2.22. The van der Waals surface area contributed by atoms with Crippen molar-refractivity contribution in [2.75, 3.05) is 18.8 Å². The lowest BCUT2D eigenvalue weighted by atomic mass is 9.92. The zero-order chi connectivity index (χ0) is 17.6. The van der Waals surface area contributed by atoms with Gasteiger partial charge in [0.25, 0.3) is 0 Å². The van der Waals surface area contributed by atoms with Crippen LogP contribution in [0.4, 0.5) is 0 Å². The third-order valence-corrected chi connectivity index (χ3v) is 5.01. The van der Waals surface area contributed by atoms with Gasteiger partial charge in [0.2, 0.25) is 5.91 Å². The Bertz CT molecular complexity index is 754. The molecule has 0 N–H and O–H groups in total. The Kier molecular flexibility index (Phi) is 5.75. The van der Waals surface area contributed by atoms with Crippen LogP contribution < -0.4 is 0 Å². The van der Waals surface area contributed by atoms with Crippen LogP contribution in [-0.4, -0.2) is 50.4 Å². The van der Waals surface area contributed by atoms with Crippen LogP contribution in [0.2, 0.25) is 0 Å². The van der Waals surface area contributed by atoms with E-state index in [-0.39, 0.29) is 23.4 Å². The summed E-state index contributed by atoms with van der Waals surface area (Å²) >= 11 is 1.33. The standard InChI is InChI=1S/C18H20N4O2S/c1-13-7-9-20-18(21-13)25-12-16(23)22-10-4-5-14(11-22)17(24)15-6-2-3-8-19-15/h2-3,6-9,14H,4-5,10-12H2,1H3/t14-/m1/s1. The van der Waals surface area contributed by atoms with Crippen molar-refractivity contribution >= 4 is 23.5 Å². The van der Waals surface area contributed by atoms with Gasteiger partial charge < -0.3 is 4.90 Å². The zero-order valence-corrected chi connectivity index (χ0v) is 14.9. The molecular formula is C18H20N4O2S. The summed E-state index contributed by atoms with van der Waals surface area (Å²) in [7, 11) is 0. The first-order valence-corrected chi connectivity index (χ1v) is 9.27. The lowest BCUT2D eigenvalue weighted by Crippen LogP contribution is -2.43. The van der Waals surface area contributed by atoms with Gasteiger partial charge in [0.05, 0.1) is 5.75 Å². The Balaban J connectivity index is 1.57. The number of thioether (sulfide) groups is 1. The minimum absolute atomic E-state index is 0.0211. The van der Waals surface area contributed by atoms with E-state index in [0.717, 1.165) is 18.5 Å². The number of aromatic nitrogens is 3. The molecule has 0 radical (unpaired) electrons. The Hall–Kier alpha value is -2.28. The van der Waals surface area contributed by atoms with Crippen LogP contribution in [0.3, 0.4) is 0 Å². The van der Waals surface area contributed by atoms with Crippen LogP contribution >= 0.6 is 11.8 Å². The van der Waals surface area contributed by atoms with Crippen LogP contribution in [0.5, 0.6) is 0 Å². The Morgan fingerprint density at radius 1 is 1.24 bits per heavy atom. The number of aryl methyl sites for hydroxylation is 1. The average molecular weight is 356 g/mol. The van der Waals surface area contributed by atoms with Gasteiger partial charge in [-0.1, -0.05) is 17.8 Å². The van der Waals surface area contributed by atoms with Crippen molar-refractivity contribution in [3.63, 3.8) is 0 Å².